The van der Waals surface area contributed by atoms with E-state index in [2.05, 4.69) is 11.9 Å². The van der Waals surface area contributed by atoms with Crippen molar-refractivity contribution in [3.63, 3.8) is 0 Å². The summed E-state index contributed by atoms with van der Waals surface area (Å²) in [6.07, 6.45) is 4.50. The molecule has 2 aromatic rings. The second-order valence-corrected chi connectivity index (χ2v) is 6.62. The topological polar surface area (TPSA) is 88.4 Å². The molecule has 0 bridgehead atoms. The summed E-state index contributed by atoms with van der Waals surface area (Å²) >= 11 is 1.32. The first-order chi connectivity index (χ1) is 14.1. The third-order valence-electron chi connectivity index (χ3n) is 3.46. The Morgan fingerprint density at radius 3 is 2.66 bits per heavy atom. The van der Waals surface area contributed by atoms with Crippen molar-refractivity contribution in [1.82, 2.24) is 0 Å². The van der Waals surface area contributed by atoms with E-state index >= 15 is 0 Å². The van der Waals surface area contributed by atoms with Crippen LogP contribution in [0, 0.1) is 11.3 Å². The van der Waals surface area contributed by atoms with Crippen LogP contribution in [-0.2, 0) is 14.3 Å². The summed E-state index contributed by atoms with van der Waals surface area (Å²) in [6, 6.07) is 16.3. The minimum Gasteiger partial charge on any atom is -0.490 e. The molecule has 7 heteroatoms. The van der Waals surface area contributed by atoms with Crippen LogP contribution in [0.1, 0.15) is 5.56 Å². The highest BCUT2D eigenvalue weighted by Crippen LogP contribution is 2.26. The number of para-hydroxylation sites is 1. The summed E-state index contributed by atoms with van der Waals surface area (Å²) < 4.78 is 10.3. The number of anilines is 1. The maximum atomic E-state index is 12.0. The number of rotatable bonds is 10. The molecule has 29 heavy (non-hydrogen) atoms. The normalized spacial score (nSPS) is 10.2. The average Bonchev–Trinajstić information content (AvgIpc) is 2.75. The molecule has 0 fully saturated rings. The first-order valence-corrected chi connectivity index (χ1v) is 9.68. The SMILES string of the molecule is C=CCOc1ccc(/C=C/C(=O)OCC(=O)Nc2ccccc2SCC#N)cc1. The second-order valence-electron chi connectivity index (χ2n) is 5.60. The molecule has 0 aliphatic rings. The van der Waals surface area contributed by atoms with Gasteiger partial charge in [-0.1, -0.05) is 36.9 Å². The van der Waals surface area contributed by atoms with Gasteiger partial charge in [0.2, 0.25) is 0 Å². The van der Waals surface area contributed by atoms with Gasteiger partial charge in [0.15, 0.2) is 6.61 Å². The van der Waals surface area contributed by atoms with E-state index in [-0.39, 0.29) is 5.75 Å². The zero-order chi connectivity index (χ0) is 20.9. The average molecular weight is 408 g/mol. The highest BCUT2D eigenvalue weighted by atomic mass is 32.2. The van der Waals surface area contributed by atoms with Gasteiger partial charge in [0, 0.05) is 11.0 Å². The van der Waals surface area contributed by atoms with E-state index in [1.54, 1.807) is 54.6 Å². The van der Waals surface area contributed by atoms with Gasteiger partial charge in [-0.25, -0.2) is 4.79 Å². The number of esters is 1. The molecule has 1 N–H and O–H groups in total. The molecule has 0 aliphatic heterocycles. The molecule has 6 nitrogen and oxygen atoms in total. The first-order valence-electron chi connectivity index (χ1n) is 8.69. The molecule has 0 radical (unpaired) electrons. The zero-order valence-electron chi connectivity index (χ0n) is 15.7. The highest BCUT2D eigenvalue weighted by molar-refractivity contribution is 7.99. The third-order valence-corrected chi connectivity index (χ3v) is 4.40. The summed E-state index contributed by atoms with van der Waals surface area (Å²) in [5.74, 6) is -0.108. The lowest BCUT2D eigenvalue weighted by molar-refractivity contribution is -0.142. The van der Waals surface area contributed by atoms with Gasteiger partial charge in [0.25, 0.3) is 5.91 Å². The molecule has 0 atom stereocenters. The highest BCUT2D eigenvalue weighted by Gasteiger charge is 2.09. The van der Waals surface area contributed by atoms with E-state index in [4.69, 9.17) is 14.7 Å². The number of nitrogens with zero attached hydrogens (tertiary/aromatic N) is 1. The van der Waals surface area contributed by atoms with Crippen LogP contribution in [0.4, 0.5) is 5.69 Å². The second kappa shape index (κ2) is 12.1. The van der Waals surface area contributed by atoms with Crippen LogP contribution in [0.25, 0.3) is 6.08 Å². The lowest BCUT2D eigenvalue weighted by Gasteiger charge is -2.09. The maximum absolute atomic E-state index is 12.0. The number of nitriles is 1. The van der Waals surface area contributed by atoms with Crippen molar-refractivity contribution in [2.75, 3.05) is 24.3 Å². The Morgan fingerprint density at radius 1 is 1.17 bits per heavy atom. The smallest absolute Gasteiger partial charge is 0.331 e. The summed E-state index contributed by atoms with van der Waals surface area (Å²) in [4.78, 5) is 24.6. The van der Waals surface area contributed by atoms with Crippen LogP contribution < -0.4 is 10.1 Å². The summed E-state index contributed by atoms with van der Waals surface area (Å²) in [7, 11) is 0. The van der Waals surface area contributed by atoms with Crippen LogP contribution in [0.15, 0.2) is 72.2 Å². The predicted octanol–water partition coefficient (Wildman–Crippen LogP) is 4.06. The van der Waals surface area contributed by atoms with E-state index < -0.39 is 18.5 Å². The van der Waals surface area contributed by atoms with Gasteiger partial charge < -0.3 is 14.8 Å². The third kappa shape index (κ3) is 7.95. The molecule has 1 amide bonds. The molecule has 2 aromatic carbocycles. The fraction of sp³-hybridized carbons (Fsp3) is 0.136. The van der Waals surface area contributed by atoms with Crippen molar-refractivity contribution in [3.05, 3.63) is 72.8 Å². The number of carbonyl (C=O) groups is 2. The van der Waals surface area contributed by atoms with Crippen LogP contribution in [-0.4, -0.2) is 30.8 Å². The molecule has 0 aliphatic carbocycles. The molecule has 0 aromatic heterocycles. The van der Waals surface area contributed by atoms with Crippen LogP contribution in [0.5, 0.6) is 5.75 Å². The van der Waals surface area contributed by atoms with Gasteiger partial charge in [0.05, 0.1) is 17.5 Å². The van der Waals surface area contributed by atoms with Gasteiger partial charge in [-0.2, -0.15) is 5.26 Å². The quantitative estimate of drug-likeness (QED) is 0.276. The van der Waals surface area contributed by atoms with Crippen molar-refractivity contribution in [3.8, 4) is 11.8 Å². The molecule has 148 valence electrons. The number of ether oxygens (including phenoxy) is 2. The minimum atomic E-state index is -0.626. The fourth-order valence-corrected chi connectivity index (χ4v) is 2.84. The van der Waals surface area contributed by atoms with Crippen molar-refractivity contribution in [2.45, 2.75) is 4.90 Å². The monoisotopic (exact) mass is 408 g/mol. The molecular weight excluding hydrogens is 388 g/mol. The van der Waals surface area contributed by atoms with Crippen molar-refractivity contribution < 1.29 is 19.1 Å². The number of benzene rings is 2. The molecule has 0 spiro atoms. The lowest BCUT2D eigenvalue weighted by Crippen LogP contribution is -2.20. The van der Waals surface area contributed by atoms with E-state index in [0.29, 0.717) is 18.0 Å². The lowest BCUT2D eigenvalue weighted by atomic mass is 10.2. The molecule has 0 unspecified atom stereocenters. The van der Waals surface area contributed by atoms with Gasteiger partial charge in [-0.15, -0.1) is 11.8 Å². The molecular formula is C22H20N2O4S. The molecule has 0 heterocycles. The van der Waals surface area contributed by atoms with Crippen molar-refractivity contribution in [2.24, 2.45) is 0 Å². The van der Waals surface area contributed by atoms with Crippen LogP contribution >= 0.6 is 11.8 Å². The van der Waals surface area contributed by atoms with E-state index in [9.17, 15) is 9.59 Å². The Bertz CT molecular complexity index is 917. The Labute approximate surface area is 173 Å². The first kappa shape index (κ1) is 21.8. The predicted molar refractivity (Wildman–Crippen MR) is 114 cm³/mol. The molecule has 0 saturated carbocycles. The van der Waals surface area contributed by atoms with Crippen molar-refractivity contribution >= 4 is 35.4 Å². The Kier molecular flexibility index (Phi) is 9.06. The largest absolute Gasteiger partial charge is 0.490 e. The summed E-state index contributed by atoms with van der Waals surface area (Å²) in [6.45, 7) is 3.60. The standard InChI is InChI=1S/C22H20N2O4S/c1-2-14-27-18-10-7-17(8-11-18)9-12-22(26)28-16-21(25)24-19-5-3-4-6-20(19)29-15-13-23/h2-12H,1,14-16H2,(H,24,25)/b12-9+. The van der Waals surface area contributed by atoms with E-state index in [1.165, 1.54) is 17.8 Å². The number of hydrogen-bond acceptors (Lipinski definition) is 6. The van der Waals surface area contributed by atoms with Crippen LogP contribution in [0.3, 0.4) is 0 Å². The number of hydrogen-bond donors (Lipinski definition) is 1. The Morgan fingerprint density at radius 2 is 1.93 bits per heavy atom. The summed E-state index contributed by atoms with van der Waals surface area (Å²) in [5.41, 5.74) is 1.36. The van der Waals surface area contributed by atoms with Crippen LogP contribution in [0.2, 0.25) is 0 Å². The number of carbonyl (C=O) groups excluding carboxylic acids is 2. The van der Waals surface area contributed by atoms with Gasteiger partial charge in [-0.05, 0) is 35.9 Å². The van der Waals surface area contributed by atoms with Gasteiger partial charge in [0.1, 0.15) is 12.4 Å². The van der Waals surface area contributed by atoms with E-state index in [1.807, 2.05) is 12.1 Å². The fourth-order valence-electron chi connectivity index (χ4n) is 2.17. The summed E-state index contributed by atoms with van der Waals surface area (Å²) in [5, 5.41) is 11.4. The maximum Gasteiger partial charge on any atom is 0.331 e. The Balaban J connectivity index is 1.81. The van der Waals surface area contributed by atoms with Crippen molar-refractivity contribution in [1.29, 1.82) is 5.26 Å². The Hall–Kier alpha value is -3.50. The van der Waals surface area contributed by atoms with Gasteiger partial charge >= 0.3 is 5.97 Å². The minimum absolute atomic E-state index is 0.272. The number of nitrogens with one attached hydrogen (secondary N) is 1. The number of amides is 1. The molecule has 2 rings (SSSR count). The number of thioether (sulfide) groups is 1. The zero-order valence-corrected chi connectivity index (χ0v) is 16.5. The van der Waals surface area contributed by atoms with E-state index in [0.717, 1.165) is 10.5 Å². The molecule has 0 saturated heterocycles. The van der Waals surface area contributed by atoms with Gasteiger partial charge in [-0.3, -0.25) is 4.79 Å².